The first kappa shape index (κ1) is 12.9. The lowest BCUT2D eigenvalue weighted by molar-refractivity contribution is 0.569. The summed E-state index contributed by atoms with van der Waals surface area (Å²) in [7, 11) is 0. The molecule has 0 bridgehead atoms. The Balaban J connectivity index is 1.97. The molecule has 1 aromatic carbocycles. The van der Waals surface area contributed by atoms with Crippen LogP contribution >= 0.6 is 0 Å². The number of nitrogen functional groups attached to an aromatic ring is 1. The molecular formula is C17H17N5. The number of rotatable bonds is 2. The molecule has 22 heavy (non-hydrogen) atoms. The summed E-state index contributed by atoms with van der Waals surface area (Å²) in [5, 5.41) is 8.30. The third-order valence-electron chi connectivity index (χ3n) is 3.91. The summed E-state index contributed by atoms with van der Waals surface area (Å²) in [5.74, 6) is 1.59. The van der Waals surface area contributed by atoms with Gasteiger partial charge in [-0.3, -0.25) is 0 Å². The highest BCUT2D eigenvalue weighted by molar-refractivity contribution is 5.89. The quantitative estimate of drug-likeness (QED) is 0.761. The Kier molecular flexibility index (Phi) is 3.04. The summed E-state index contributed by atoms with van der Waals surface area (Å²) in [6.07, 6.45) is 2.83. The first-order valence-corrected chi connectivity index (χ1v) is 7.45. The fraction of sp³-hybridized carbons (Fsp3) is 0.176. The van der Waals surface area contributed by atoms with Crippen LogP contribution in [0.3, 0.4) is 0 Å². The van der Waals surface area contributed by atoms with Gasteiger partial charge in [-0.1, -0.05) is 30.3 Å². The first-order valence-electron chi connectivity index (χ1n) is 7.45. The third-order valence-corrected chi connectivity index (χ3v) is 3.91. The molecule has 2 aromatic heterocycles. The van der Waals surface area contributed by atoms with Gasteiger partial charge in [0.05, 0.1) is 5.56 Å². The van der Waals surface area contributed by atoms with Crippen LogP contribution in [0.5, 0.6) is 0 Å². The van der Waals surface area contributed by atoms with E-state index >= 15 is 0 Å². The van der Waals surface area contributed by atoms with Gasteiger partial charge in [0.25, 0.3) is 0 Å². The van der Waals surface area contributed by atoms with Crippen molar-refractivity contribution in [2.75, 3.05) is 17.6 Å². The summed E-state index contributed by atoms with van der Waals surface area (Å²) in [6.45, 7) is 1.90. The Labute approximate surface area is 128 Å². The van der Waals surface area contributed by atoms with E-state index in [4.69, 9.17) is 10.8 Å². The minimum absolute atomic E-state index is 0.521. The van der Waals surface area contributed by atoms with Crippen LogP contribution in [-0.2, 0) is 6.54 Å². The molecule has 3 heterocycles. The Bertz CT molecular complexity index is 807. The Morgan fingerprint density at radius 1 is 1.09 bits per heavy atom. The summed E-state index contributed by atoms with van der Waals surface area (Å²) in [6, 6.07) is 14.1. The molecule has 3 N–H and O–H groups in total. The van der Waals surface area contributed by atoms with Crippen molar-refractivity contribution in [2.45, 2.75) is 13.0 Å². The highest BCUT2D eigenvalue weighted by atomic mass is 15.3. The zero-order valence-corrected chi connectivity index (χ0v) is 12.2. The zero-order chi connectivity index (χ0) is 14.9. The maximum Gasteiger partial charge on any atom is 0.132 e. The van der Waals surface area contributed by atoms with Gasteiger partial charge in [0.1, 0.15) is 17.3 Å². The number of hydrogen-bond acceptors (Lipinski definition) is 4. The molecule has 0 radical (unpaired) electrons. The highest BCUT2D eigenvalue weighted by Crippen LogP contribution is 2.39. The molecule has 5 heteroatoms. The fourth-order valence-corrected chi connectivity index (χ4v) is 2.91. The maximum absolute atomic E-state index is 5.87. The fourth-order valence-electron chi connectivity index (χ4n) is 2.91. The normalized spacial score (nSPS) is 13.5. The first-order chi connectivity index (χ1) is 10.8. The molecule has 0 atom stereocenters. The largest absolute Gasteiger partial charge is 0.384 e. The Hall–Kier alpha value is -2.82. The summed E-state index contributed by atoms with van der Waals surface area (Å²) >= 11 is 0. The second kappa shape index (κ2) is 5.18. The van der Waals surface area contributed by atoms with Crippen LogP contribution in [-0.4, -0.2) is 21.3 Å². The lowest BCUT2D eigenvalue weighted by Gasteiger charge is -2.17. The number of anilines is 2. The number of aryl methyl sites for hydroxylation is 1. The summed E-state index contributed by atoms with van der Waals surface area (Å²) in [4.78, 5) is 4.09. The van der Waals surface area contributed by atoms with Crippen LogP contribution in [0.15, 0.2) is 48.7 Å². The molecule has 1 aliphatic rings. The van der Waals surface area contributed by atoms with Crippen molar-refractivity contribution < 1.29 is 0 Å². The predicted molar refractivity (Wildman–Crippen MR) is 88.4 cm³/mol. The number of benzene rings is 1. The van der Waals surface area contributed by atoms with Crippen molar-refractivity contribution in [1.29, 1.82) is 0 Å². The number of aromatic nitrogens is 3. The standard InChI is InChI=1S/C17H17N5/c18-14-11-13(7-9-19-14)15-16(12-5-2-1-3-6-12)21-22-10-4-8-20-17(15)22/h1-3,5-7,9,11,20H,4,8,10H2,(H2,18,19). The average Bonchev–Trinajstić information content (AvgIpc) is 2.95. The van der Waals surface area contributed by atoms with Gasteiger partial charge in [-0.15, -0.1) is 0 Å². The molecular weight excluding hydrogens is 274 g/mol. The molecule has 0 amide bonds. The molecule has 1 aliphatic heterocycles. The van der Waals surface area contributed by atoms with E-state index in [1.807, 2.05) is 30.3 Å². The van der Waals surface area contributed by atoms with E-state index < -0.39 is 0 Å². The van der Waals surface area contributed by atoms with Crippen LogP contribution in [0.2, 0.25) is 0 Å². The molecule has 0 aliphatic carbocycles. The van der Waals surface area contributed by atoms with Gasteiger partial charge >= 0.3 is 0 Å². The highest BCUT2D eigenvalue weighted by Gasteiger charge is 2.22. The minimum Gasteiger partial charge on any atom is -0.384 e. The van der Waals surface area contributed by atoms with Crippen LogP contribution in [0.1, 0.15) is 6.42 Å². The summed E-state index contributed by atoms with van der Waals surface area (Å²) in [5.41, 5.74) is 10.1. The van der Waals surface area contributed by atoms with Crippen LogP contribution in [0.4, 0.5) is 11.6 Å². The topological polar surface area (TPSA) is 68.8 Å². The molecule has 0 unspecified atom stereocenters. The minimum atomic E-state index is 0.521. The second-order valence-electron chi connectivity index (χ2n) is 5.41. The molecule has 5 nitrogen and oxygen atoms in total. The molecule has 0 fully saturated rings. The smallest absolute Gasteiger partial charge is 0.132 e. The molecule has 0 spiro atoms. The number of pyridine rings is 1. The third kappa shape index (κ3) is 2.11. The van der Waals surface area contributed by atoms with E-state index in [2.05, 4.69) is 27.1 Å². The van der Waals surface area contributed by atoms with Gasteiger partial charge in [-0.05, 0) is 24.1 Å². The SMILES string of the molecule is Nc1cc(-c2c(-c3ccccc3)nn3c2NCCC3)ccn1. The molecule has 4 rings (SSSR count). The van der Waals surface area contributed by atoms with Gasteiger partial charge < -0.3 is 11.1 Å². The van der Waals surface area contributed by atoms with E-state index in [-0.39, 0.29) is 0 Å². The van der Waals surface area contributed by atoms with Crippen LogP contribution in [0, 0.1) is 0 Å². The van der Waals surface area contributed by atoms with Gasteiger partial charge in [0.15, 0.2) is 0 Å². The lowest BCUT2D eigenvalue weighted by Crippen LogP contribution is -2.17. The van der Waals surface area contributed by atoms with E-state index in [0.717, 1.165) is 47.7 Å². The molecule has 110 valence electrons. The van der Waals surface area contributed by atoms with Gasteiger partial charge in [0.2, 0.25) is 0 Å². The summed E-state index contributed by atoms with van der Waals surface area (Å²) < 4.78 is 2.05. The average molecular weight is 291 g/mol. The van der Waals surface area contributed by atoms with Crippen molar-refractivity contribution in [3.63, 3.8) is 0 Å². The number of nitrogens with one attached hydrogen (secondary N) is 1. The molecule has 0 saturated heterocycles. The lowest BCUT2D eigenvalue weighted by atomic mass is 10.0. The zero-order valence-electron chi connectivity index (χ0n) is 12.2. The Morgan fingerprint density at radius 3 is 2.77 bits per heavy atom. The monoisotopic (exact) mass is 291 g/mol. The molecule has 3 aromatic rings. The van der Waals surface area contributed by atoms with E-state index in [9.17, 15) is 0 Å². The molecule has 0 saturated carbocycles. The maximum atomic E-state index is 5.87. The van der Waals surface area contributed by atoms with Crippen LogP contribution in [0.25, 0.3) is 22.4 Å². The number of fused-ring (bicyclic) bond motifs is 1. The van der Waals surface area contributed by atoms with Crippen LogP contribution < -0.4 is 11.1 Å². The van der Waals surface area contributed by atoms with Gasteiger partial charge in [-0.2, -0.15) is 5.10 Å². The predicted octanol–water partition coefficient (Wildman–Crippen LogP) is 3.01. The van der Waals surface area contributed by atoms with E-state index in [1.165, 1.54) is 0 Å². The van der Waals surface area contributed by atoms with Gasteiger partial charge in [0, 0.05) is 24.8 Å². The Morgan fingerprint density at radius 2 is 1.95 bits per heavy atom. The number of nitrogens with two attached hydrogens (primary N) is 1. The number of nitrogens with zero attached hydrogens (tertiary/aromatic N) is 3. The van der Waals surface area contributed by atoms with E-state index in [1.54, 1.807) is 6.20 Å². The number of hydrogen-bond donors (Lipinski definition) is 2. The van der Waals surface area contributed by atoms with Crippen molar-refractivity contribution in [3.8, 4) is 22.4 Å². The van der Waals surface area contributed by atoms with Gasteiger partial charge in [-0.25, -0.2) is 9.67 Å². The van der Waals surface area contributed by atoms with Crippen molar-refractivity contribution in [3.05, 3.63) is 48.7 Å². The van der Waals surface area contributed by atoms with Crippen molar-refractivity contribution in [1.82, 2.24) is 14.8 Å². The van der Waals surface area contributed by atoms with Crippen molar-refractivity contribution in [2.24, 2.45) is 0 Å². The van der Waals surface area contributed by atoms with E-state index in [0.29, 0.717) is 5.82 Å². The van der Waals surface area contributed by atoms with Crippen molar-refractivity contribution >= 4 is 11.6 Å². The second-order valence-corrected chi connectivity index (χ2v) is 5.41.